The summed E-state index contributed by atoms with van der Waals surface area (Å²) in [6.45, 7) is 1.32. The number of hydrogen-bond donors (Lipinski definition) is 2. The first-order valence-electron chi connectivity index (χ1n) is 11.5. The molecule has 8 nitrogen and oxygen atoms in total. The van der Waals surface area contributed by atoms with Crippen molar-refractivity contribution in [1.29, 1.82) is 5.26 Å². The van der Waals surface area contributed by atoms with Crippen LogP contribution in [0.3, 0.4) is 0 Å². The van der Waals surface area contributed by atoms with Crippen molar-refractivity contribution in [2.75, 3.05) is 24.5 Å². The van der Waals surface area contributed by atoms with Crippen LogP contribution in [0.1, 0.15) is 56.6 Å². The molecular formula is C24H30N6O2. The van der Waals surface area contributed by atoms with Gasteiger partial charge in [0.2, 0.25) is 5.91 Å². The molecule has 2 aliphatic rings. The Morgan fingerprint density at radius 1 is 1.09 bits per heavy atom. The highest BCUT2D eigenvalue weighted by Gasteiger charge is 2.31. The van der Waals surface area contributed by atoms with E-state index < -0.39 is 5.92 Å². The number of hydrogen-bond acceptors (Lipinski definition) is 7. The lowest BCUT2D eigenvalue weighted by Gasteiger charge is -2.33. The maximum atomic E-state index is 13.1. The number of amides is 1. The molecule has 32 heavy (non-hydrogen) atoms. The first-order chi connectivity index (χ1) is 15.6. The standard InChI is InChI=1S/C24H30N6O2/c25-14-18(21(31)15-27-17-6-2-1-3-7-17)22-24(29-20-9-5-4-8-19(20)28-22)30-12-10-16(11-13-30)23(26)32/h4-5,8-9,16-18,27H,1-3,6-7,10-13,15H2,(H2,26,32). The zero-order chi connectivity index (χ0) is 22.5. The first-order valence-corrected chi connectivity index (χ1v) is 11.5. The number of rotatable bonds is 7. The quantitative estimate of drug-likeness (QED) is 0.685. The summed E-state index contributed by atoms with van der Waals surface area (Å²) in [5.74, 6) is -1.06. The van der Waals surface area contributed by atoms with Crippen molar-refractivity contribution < 1.29 is 9.59 Å². The normalized spacial score (nSPS) is 18.9. The zero-order valence-electron chi connectivity index (χ0n) is 18.3. The third kappa shape index (κ3) is 4.89. The topological polar surface area (TPSA) is 125 Å². The van der Waals surface area contributed by atoms with Crippen LogP contribution >= 0.6 is 0 Å². The number of nitrogens with two attached hydrogens (primary N) is 1. The van der Waals surface area contributed by atoms with E-state index in [1.165, 1.54) is 19.3 Å². The molecule has 0 radical (unpaired) electrons. The summed E-state index contributed by atoms with van der Waals surface area (Å²) in [5.41, 5.74) is 7.26. The van der Waals surface area contributed by atoms with Gasteiger partial charge >= 0.3 is 0 Å². The Morgan fingerprint density at radius 2 is 1.75 bits per heavy atom. The fourth-order valence-electron chi connectivity index (χ4n) is 4.75. The molecule has 4 rings (SSSR count). The van der Waals surface area contributed by atoms with Crippen LogP contribution in [0.5, 0.6) is 0 Å². The molecule has 1 aromatic heterocycles. The number of nitriles is 1. The van der Waals surface area contributed by atoms with Crippen molar-refractivity contribution >= 4 is 28.5 Å². The van der Waals surface area contributed by atoms with Crippen molar-refractivity contribution in [1.82, 2.24) is 15.3 Å². The van der Waals surface area contributed by atoms with Crippen LogP contribution in [0.25, 0.3) is 11.0 Å². The molecule has 1 amide bonds. The summed E-state index contributed by atoms with van der Waals surface area (Å²) in [4.78, 5) is 36.2. The predicted octanol–water partition coefficient (Wildman–Crippen LogP) is 2.43. The maximum Gasteiger partial charge on any atom is 0.220 e. The molecular weight excluding hydrogens is 404 g/mol. The van der Waals surface area contributed by atoms with E-state index in [1.54, 1.807) is 0 Å². The predicted molar refractivity (Wildman–Crippen MR) is 122 cm³/mol. The van der Waals surface area contributed by atoms with Gasteiger partial charge in [-0.15, -0.1) is 0 Å². The number of anilines is 1. The van der Waals surface area contributed by atoms with Gasteiger partial charge in [0.25, 0.3) is 0 Å². The highest BCUT2D eigenvalue weighted by molar-refractivity contribution is 5.92. The van der Waals surface area contributed by atoms with Crippen molar-refractivity contribution in [2.24, 2.45) is 11.7 Å². The molecule has 0 bridgehead atoms. The van der Waals surface area contributed by atoms with Gasteiger partial charge < -0.3 is 16.0 Å². The Bertz CT molecular complexity index is 1020. The van der Waals surface area contributed by atoms with Crippen LogP contribution < -0.4 is 16.0 Å². The fourth-order valence-corrected chi connectivity index (χ4v) is 4.75. The molecule has 1 saturated carbocycles. The Kier molecular flexibility index (Phi) is 6.96. The number of nitrogens with zero attached hydrogens (tertiary/aromatic N) is 4. The van der Waals surface area contributed by atoms with E-state index in [-0.39, 0.29) is 24.2 Å². The van der Waals surface area contributed by atoms with Crippen molar-refractivity contribution in [3.63, 3.8) is 0 Å². The third-order valence-electron chi connectivity index (χ3n) is 6.67. The summed E-state index contributed by atoms with van der Waals surface area (Å²) < 4.78 is 0. The van der Waals surface area contributed by atoms with Crippen LogP contribution in [-0.4, -0.2) is 47.3 Å². The number of para-hydroxylation sites is 2. The average molecular weight is 435 g/mol. The summed E-state index contributed by atoms with van der Waals surface area (Å²) in [5, 5.41) is 13.3. The van der Waals surface area contributed by atoms with E-state index >= 15 is 0 Å². The van der Waals surface area contributed by atoms with Gasteiger partial charge in [-0.1, -0.05) is 31.4 Å². The minimum atomic E-state index is -0.993. The largest absolute Gasteiger partial charge is 0.369 e. The second-order valence-corrected chi connectivity index (χ2v) is 8.83. The summed E-state index contributed by atoms with van der Waals surface area (Å²) in [6, 6.07) is 9.99. The summed E-state index contributed by atoms with van der Waals surface area (Å²) >= 11 is 0. The Labute approximate surface area is 188 Å². The van der Waals surface area contributed by atoms with Gasteiger partial charge in [0.1, 0.15) is 5.69 Å². The van der Waals surface area contributed by atoms with Gasteiger partial charge in [0, 0.05) is 25.0 Å². The Hall–Kier alpha value is -3.05. The molecule has 1 aromatic carbocycles. The Morgan fingerprint density at radius 3 is 2.38 bits per heavy atom. The number of benzene rings is 1. The number of fused-ring (bicyclic) bond motifs is 1. The second-order valence-electron chi connectivity index (χ2n) is 8.83. The molecule has 0 spiro atoms. The fraction of sp³-hybridized carbons (Fsp3) is 0.542. The lowest BCUT2D eigenvalue weighted by molar-refractivity contribution is -0.122. The van der Waals surface area contributed by atoms with E-state index in [9.17, 15) is 14.9 Å². The number of Topliss-reactive ketones (excluding diaryl/α,β-unsaturated/α-hetero) is 1. The van der Waals surface area contributed by atoms with Crippen LogP contribution in [-0.2, 0) is 9.59 Å². The van der Waals surface area contributed by atoms with Crippen molar-refractivity contribution in [2.45, 2.75) is 56.9 Å². The molecule has 8 heteroatoms. The van der Waals surface area contributed by atoms with Crippen LogP contribution in [0.15, 0.2) is 24.3 Å². The zero-order valence-corrected chi connectivity index (χ0v) is 18.3. The number of nitrogens with one attached hydrogen (secondary N) is 1. The van der Waals surface area contributed by atoms with Crippen molar-refractivity contribution in [3.8, 4) is 6.07 Å². The molecule has 1 aliphatic carbocycles. The lowest BCUT2D eigenvalue weighted by Crippen LogP contribution is -2.40. The maximum absolute atomic E-state index is 13.1. The minimum absolute atomic E-state index is 0.153. The van der Waals surface area contributed by atoms with Gasteiger partial charge in [-0.25, -0.2) is 9.97 Å². The monoisotopic (exact) mass is 434 g/mol. The first kappa shape index (κ1) is 22.2. The number of carbonyl (C=O) groups is 2. The molecule has 2 heterocycles. The van der Waals surface area contributed by atoms with E-state index in [0.29, 0.717) is 54.5 Å². The highest BCUT2D eigenvalue weighted by atomic mass is 16.1. The summed E-state index contributed by atoms with van der Waals surface area (Å²) in [6.07, 6.45) is 6.98. The van der Waals surface area contributed by atoms with E-state index in [2.05, 4.69) is 11.4 Å². The Balaban J connectivity index is 1.60. The van der Waals surface area contributed by atoms with Crippen molar-refractivity contribution in [3.05, 3.63) is 30.0 Å². The van der Waals surface area contributed by atoms with Gasteiger partial charge in [0.05, 0.1) is 23.6 Å². The number of piperidine rings is 1. The molecule has 2 fully saturated rings. The number of carbonyl (C=O) groups excluding carboxylic acids is 2. The second kappa shape index (κ2) is 10.0. The number of primary amides is 1. The third-order valence-corrected chi connectivity index (χ3v) is 6.67. The lowest BCUT2D eigenvalue weighted by atomic mass is 9.94. The smallest absolute Gasteiger partial charge is 0.220 e. The van der Waals surface area contributed by atoms with Gasteiger partial charge in [0.15, 0.2) is 17.5 Å². The van der Waals surface area contributed by atoms with Gasteiger partial charge in [-0.3, -0.25) is 9.59 Å². The van der Waals surface area contributed by atoms with Gasteiger partial charge in [-0.2, -0.15) is 5.26 Å². The number of aromatic nitrogens is 2. The molecule has 1 atom stereocenters. The van der Waals surface area contributed by atoms with Crippen LogP contribution in [0.2, 0.25) is 0 Å². The van der Waals surface area contributed by atoms with E-state index in [1.807, 2.05) is 29.2 Å². The SMILES string of the molecule is N#CC(C(=O)CNC1CCCCC1)c1nc2ccccc2nc1N1CCC(C(N)=O)CC1. The molecule has 168 valence electrons. The molecule has 1 saturated heterocycles. The molecule has 1 unspecified atom stereocenters. The summed E-state index contributed by atoms with van der Waals surface area (Å²) in [7, 11) is 0. The van der Waals surface area contributed by atoms with E-state index in [0.717, 1.165) is 12.8 Å². The van der Waals surface area contributed by atoms with E-state index in [4.69, 9.17) is 15.7 Å². The number of ketones is 1. The highest BCUT2D eigenvalue weighted by Crippen LogP contribution is 2.30. The molecule has 2 aromatic rings. The molecule has 1 aliphatic heterocycles. The average Bonchev–Trinajstić information content (AvgIpc) is 2.83. The van der Waals surface area contributed by atoms with Gasteiger partial charge in [-0.05, 0) is 37.8 Å². The minimum Gasteiger partial charge on any atom is -0.369 e. The molecule has 3 N–H and O–H groups in total. The van der Waals surface area contributed by atoms with Crippen LogP contribution in [0, 0.1) is 17.2 Å². The van der Waals surface area contributed by atoms with Crippen LogP contribution in [0.4, 0.5) is 5.82 Å².